The Kier molecular flexibility index (Phi) is 5.19. The number of hydrogen-bond donors (Lipinski definition) is 1. The van der Waals surface area contributed by atoms with E-state index in [-0.39, 0.29) is 16.5 Å². The molecule has 0 amide bonds. The maximum absolute atomic E-state index is 14.8. The predicted molar refractivity (Wildman–Crippen MR) is 120 cm³/mol. The van der Waals surface area contributed by atoms with Gasteiger partial charge in [0.25, 0.3) is 12.0 Å². The van der Waals surface area contributed by atoms with Crippen LogP contribution in [0.5, 0.6) is 0 Å². The summed E-state index contributed by atoms with van der Waals surface area (Å²) in [5, 5.41) is 3.85. The van der Waals surface area contributed by atoms with Gasteiger partial charge in [0.1, 0.15) is 23.1 Å². The molecule has 3 aromatic rings. The number of nitrogens with one attached hydrogen (secondary N) is 1. The average Bonchev–Trinajstić information content (AvgIpc) is 3.38. The van der Waals surface area contributed by atoms with E-state index in [0.29, 0.717) is 22.7 Å². The summed E-state index contributed by atoms with van der Waals surface area (Å²) in [4.78, 5) is 24.7. The zero-order valence-corrected chi connectivity index (χ0v) is 18.8. The lowest BCUT2D eigenvalue weighted by molar-refractivity contribution is 0.146. The summed E-state index contributed by atoms with van der Waals surface area (Å²) in [6, 6.07) is 5.25. The van der Waals surface area contributed by atoms with Crippen molar-refractivity contribution < 1.29 is 13.2 Å². The maximum atomic E-state index is 14.8. The maximum Gasteiger partial charge on any atom is 0.266 e. The lowest BCUT2D eigenvalue weighted by Gasteiger charge is -2.26. The minimum atomic E-state index is -2.90. The van der Waals surface area contributed by atoms with Crippen LogP contribution in [0.4, 0.5) is 19.0 Å². The molecule has 0 aliphatic carbocycles. The molecule has 33 heavy (non-hydrogen) atoms. The van der Waals surface area contributed by atoms with Crippen LogP contribution in [-0.4, -0.2) is 39.1 Å². The highest BCUT2D eigenvalue weighted by Crippen LogP contribution is 2.42. The first kappa shape index (κ1) is 21.9. The van der Waals surface area contributed by atoms with Gasteiger partial charge < -0.3 is 10.2 Å². The monoisotopic (exact) mass is 457 g/mol. The molecule has 1 atom stereocenters. The van der Waals surface area contributed by atoms with Gasteiger partial charge in [0, 0.05) is 30.1 Å². The molecule has 2 saturated heterocycles. The summed E-state index contributed by atoms with van der Waals surface area (Å²) >= 11 is 0. The lowest BCUT2D eigenvalue weighted by Crippen LogP contribution is -2.35. The standard InChI is InChI=1S/C24H26F3N5O/c1-13(15-5-4-6-16(19(15)25)20(26)27)28-21-17-11-18(24-7-9-32(12-24)10-8-24)23(33)31(3)22(17)30-14(2)29-21/h4-6,11,13,20H,7-10,12H2,1-3H3,(H,28,29,30)/t13-/m1/s1. The van der Waals surface area contributed by atoms with Crippen LogP contribution >= 0.6 is 0 Å². The van der Waals surface area contributed by atoms with Crippen molar-refractivity contribution in [2.75, 3.05) is 25.0 Å². The predicted octanol–water partition coefficient (Wildman–Crippen LogP) is 4.23. The Hall–Kier alpha value is -2.94. The third kappa shape index (κ3) is 3.49. The fourth-order valence-corrected chi connectivity index (χ4v) is 5.36. The van der Waals surface area contributed by atoms with Crippen LogP contribution in [0.15, 0.2) is 29.1 Å². The van der Waals surface area contributed by atoms with Gasteiger partial charge in [-0.05, 0) is 45.8 Å². The summed E-state index contributed by atoms with van der Waals surface area (Å²) in [6.07, 6.45) is -1.02. The van der Waals surface area contributed by atoms with Gasteiger partial charge in [-0.15, -0.1) is 0 Å². The van der Waals surface area contributed by atoms with Crippen LogP contribution in [0.1, 0.15) is 54.7 Å². The number of benzene rings is 1. The van der Waals surface area contributed by atoms with Gasteiger partial charge in [-0.3, -0.25) is 9.36 Å². The summed E-state index contributed by atoms with van der Waals surface area (Å²) in [6.45, 7) is 6.24. The van der Waals surface area contributed by atoms with E-state index >= 15 is 0 Å². The number of nitrogens with zero attached hydrogens (tertiary/aromatic N) is 4. The number of piperidine rings is 1. The zero-order valence-electron chi connectivity index (χ0n) is 18.8. The number of aromatic nitrogens is 3. The van der Waals surface area contributed by atoms with Crippen LogP contribution in [0, 0.1) is 12.7 Å². The second-order valence-electron chi connectivity index (χ2n) is 9.25. The SMILES string of the molecule is Cc1nc(N[C@H](C)c2cccc(C(F)F)c2F)c2cc(C34CCN(CC3)C4)c(=O)n(C)c2n1. The van der Waals surface area contributed by atoms with Crippen LogP contribution in [0.25, 0.3) is 11.0 Å². The van der Waals surface area contributed by atoms with E-state index in [1.54, 1.807) is 25.5 Å². The Bertz CT molecular complexity index is 1300. The molecule has 0 saturated carbocycles. The number of aryl methyl sites for hydroxylation is 2. The first-order valence-electron chi connectivity index (χ1n) is 11.1. The van der Waals surface area contributed by atoms with Crippen molar-refractivity contribution in [3.8, 4) is 0 Å². The Morgan fingerprint density at radius 3 is 2.48 bits per heavy atom. The topological polar surface area (TPSA) is 63.1 Å². The molecule has 5 rings (SSSR count). The Labute approximate surface area is 189 Å². The third-order valence-corrected chi connectivity index (χ3v) is 7.20. The molecule has 2 aromatic heterocycles. The number of halogens is 3. The minimum absolute atomic E-state index is 0.0565. The van der Waals surface area contributed by atoms with Crippen LogP contribution in [-0.2, 0) is 12.5 Å². The third-order valence-electron chi connectivity index (χ3n) is 7.20. The number of anilines is 1. The smallest absolute Gasteiger partial charge is 0.266 e. The summed E-state index contributed by atoms with van der Waals surface area (Å²) in [5.41, 5.74) is 0.514. The molecule has 2 aliphatic rings. The molecule has 0 radical (unpaired) electrons. The Balaban J connectivity index is 1.62. The molecule has 1 aromatic carbocycles. The highest BCUT2D eigenvalue weighted by atomic mass is 19.3. The quantitative estimate of drug-likeness (QED) is 0.621. The van der Waals surface area contributed by atoms with Gasteiger partial charge in [0.2, 0.25) is 0 Å². The molecular weight excluding hydrogens is 431 g/mol. The number of rotatable bonds is 5. The Morgan fingerprint density at radius 2 is 1.85 bits per heavy atom. The molecular formula is C24H26F3N5O. The van der Waals surface area contributed by atoms with Crippen LogP contribution in [0.2, 0.25) is 0 Å². The average molecular weight is 458 g/mol. The van der Waals surface area contributed by atoms with E-state index in [9.17, 15) is 18.0 Å². The van der Waals surface area contributed by atoms with Crippen molar-refractivity contribution >= 4 is 16.9 Å². The summed E-state index contributed by atoms with van der Waals surface area (Å²) in [5.74, 6) is -0.0210. The molecule has 2 fully saturated rings. The molecule has 4 heterocycles. The molecule has 6 nitrogen and oxygen atoms in total. The van der Waals surface area contributed by atoms with Crippen molar-refractivity contribution in [1.82, 2.24) is 19.4 Å². The lowest BCUT2D eigenvalue weighted by atomic mass is 9.78. The number of alkyl halides is 2. The van der Waals surface area contributed by atoms with E-state index < -0.39 is 23.8 Å². The normalized spacial score (nSPS) is 22.9. The molecule has 174 valence electrons. The van der Waals surface area contributed by atoms with Gasteiger partial charge in [-0.25, -0.2) is 23.1 Å². The number of fused-ring (bicyclic) bond motifs is 3. The highest BCUT2D eigenvalue weighted by Gasteiger charge is 2.46. The molecule has 9 heteroatoms. The van der Waals surface area contributed by atoms with E-state index in [0.717, 1.165) is 44.1 Å². The summed E-state index contributed by atoms with van der Waals surface area (Å²) in [7, 11) is 1.71. The van der Waals surface area contributed by atoms with Crippen molar-refractivity contribution in [2.24, 2.45) is 7.05 Å². The molecule has 0 spiro atoms. The van der Waals surface area contributed by atoms with Gasteiger partial charge in [-0.2, -0.15) is 0 Å². The van der Waals surface area contributed by atoms with E-state index in [1.165, 1.54) is 12.1 Å². The molecule has 0 unspecified atom stereocenters. The van der Waals surface area contributed by atoms with Gasteiger partial charge >= 0.3 is 0 Å². The van der Waals surface area contributed by atoms with Crippen molar-refractivity contribution in [3.05, 3.63) is 63.0 Å². The minimum Gasteiger partial charge on any atom is -0.363 e. The van der Waals surface area contributed by atoms with Crippen LogP contribution < -0.4 is 10.9 Å². The van der Waals surface area contributed by atoms with Crippen molar-refractivity contribution in [2.45, 2.75) is 44.6 Å². The Morgan fingerprint density at radius 1 is 1.15 bits per heavy atom. The first-order chi connectivity index (χ1) is 15.7. The van der Waals surface area contributed by atoms with Crippen molar-refractivity contribution in [1.29, 1.82) is 0 Å². The fraction of sp³-hybridized carbons (Fsp3) is 0.458. The number of hydrogen-bond acceptors (Lipinski definition) is 5. The van der Waals surface area contributed by atoms with Crippen LogP contribution in [0.3, 0.4) is 0 Å². The fourth-order valence-electron chi connectivity index (χ4n) is 5.36. The van der Waals surface area contributed by atoms with Gasteiger partial charge in [0.15, 0.2) is 0 Å². The highest BCUT2D eigenvalue weighted by molar-refractivity contribution is 5.87. The van der Waals surface area contributed by atoms with E-state index in [2.05, 4.69) is 20.2 Å². The largest absolute Gasteiger partial charge is 0.363 e. The molecule has 2 bridgehead atoms. The zero-order chi connectivity index (χ0) is 23.5. The second kappa shape index (κ2) is 7.83. The van der Waals surface area contributed by atoms with E-state index in [4.69, 9.17) is 0 Å². The second-order valence-corrected chi connectivity index (χ2v) is 9.25. The van der Waals surface area contributed by atoms with Gasteiger partial charge in [0.05, 0.1) is 17.0 Å². The molecule has 1 N–H and O–H groups in total. The number of pyridine rings is 1. The molecule has 2 aliphatic heterocycles. The summed E-state index contributed by atoms with van der Waals surface area (Å²) < 4.78 is 42.7. The van der Waals surface area contributed by atoms with E-state index in [1.807, 2.05) is 6.07 Å². The first-order valence-corrected chi connectivity index (χ1v) is 11.1. The van der Waals surface area contributed by atoms with Crippen molar-refractivity contribution in [3.63, 3.8) is 0 Å². The van der Waals surface area contributed by atoms with Gasteiger partial charge in [-0.1, -0.05) is 18.2 Å².